The molecule has 3 nitrogen and oxygen atoms in total. The zero-order valence-electron chi connectivity index (χ0n) is 10.2. The van der Waals surface area contributed by atoms with Gasteiger partial charge in [-0.25, -0.2) is 0 Å². The molecule has 0 aromatic carbocycles. The fourth-order valence-corrected chi connectivity index (χ4v) is 2.71. The summed E-state index contributed by atoms with van der Waals surface area (Å²) in [5.41, 5.74) is 0. The number of nitrogens with zero attached hydrogens (tertiary/aromatic N) is 1. The van der Waals surface area contributed by atoms with E-state index in [-0.39, 0.29) is 24.0 Å². The summed E-state index contributed by atoms with van der Waals surface area (Å²) in [4.78, 5) is 5.77. The van der Waals surface area contributed by atoms with Crippen molar-refractivity contribution in [2.24, 2.45) is 4.99 Å². The fourth-order valence-electron chi connectivity index (χ4n) is 1.24. The van der Waals surface area contributed by atoms with Crippen LogP contribution in [0.1, 0.15) is 11.8 Å². The van der Waals surface area contributed by atoms with Crippen molar-refractivity contribution in [3.05, 3.63) is 20.8 Å². The number of terminal acetylenes is 1. The summed E-state index contributed by atoms with van der Waals surface area (Å²) < 4.78 is 1.16. The Bertz CT molecular complexity index is 412. The van der Waals surface area contributed by atoms with Gasteiger partial charge in [-0.3, -0.25) is 4.99 Å². The van der Waals surface area contributed by atoms with Gasteiger partial charge < -0.3 is 10.6 Å². The molecule has 0 saturated carbocycles. The zero-order chi connectivity index (χ0) is 12.5. The number of thiophene rings is 1. The van der Waals surface area contributed by atoms with Gasteiger partial charge >= 0.3 is 0 Å². The van der Waals surface area contributed by atoms with E-state index in [0.717, 1.165) is 29.3 Å². The van der Waals surface area contributed by atoms with E-state index in [4.69, 9.17) is 6.42 Å². The van der Waals surface area contributed by atoms with E-state index in [2.05, 4.69) is 49.6 Å². The lowest BCUT2D eigenvalue weighted by molar-refractivity contribution is 0.858. The molecule has 0 amide bonds. The first-order chi connectivity index (χ1) is 8.26. The third kappa shape index (κ3) is 7.24. The van der Waals surface area contributed by atoms with Crippen LogP contribution in [0, 0.1) is 12.3 Å². The van der Waals surface area contributed by atoms with Crippen molar-refractivity contribution in [1.29, 1.82) is 0 Å². The molecule has 6 heteroatoms. The average molecular weight is 442 g/mol. The molecule has 0 bridgehead atoms. The minimum Gasteiger partial charge on any atom is -0.357 e. The lowest BCUT2D eigenvalue weighted by Gasteiger charge is -2.08. The van der Waals surface area contributed by atoms with Crippen molar-refractivity contribution in [2.75, 3.05) is 19.6 Å². The van der Waals surface area contributed by atoms with Crippen LogP contribution in [-0.4, -0.2) is 25.6 Å². The van der Waals surface area contributed by atoms with Crippen molar-refractivity contribution in [2.45, 2.75) is 13.3 Å². The molecule has 1 aromatic rings. The van der Waals surface area contributed by atoms with E-state index < -0.39 is 0 Å². The molecule has 0 saturated heterocycles. The molecule has 0 aliphatic heterocycles. The van der Waals surface area contributed by atoms with Crippen molar-refractivity contribution in [3.8, 4) is 12.3 Å². The molecule has 0 aliphatic carbocycles. The summed E-state index contributed by atoms with van der Waals surface area (Å²) in [6, 6.07) is 4.18. The first-order valence-corrected chi connectivity index (χ1v) is 7.07. The number of halogens is 2. The maximum Gasteiger partial charge on any atom is 0.192 e. The zero-order valence-corrected chi connectivity index (χ0v) is 14.9. The van der Waals surface area contributed by atoms with Crippen LogP contribution in [0.5, 0.6) is 0 Å². The minimum absolute atomic E-state index is 0. The predicted molar refractivity (Wildman–Crippen MR) is 94.0 cm³/mol. The second-order valence-electron chi connectivity index (χ2n) is 3.27. The van der Waals surface area contributed by atoms with Crippen molar-refractivity contribution in [3.63, 3.8) is 0 Å². The second kappa shape index (κ2) is 10.6. The summed E-state index contributed by atoms with van der Waals surface area (Å²) >= 11 is 5.19. The average Bonchev–Trinajstić information content (AvgIpc) is 2.72. The van der Waals surface area contributed by atoms with Crippen LogP contribution in [0.2, 0.25) is 0 Å². The highest BCUT2D eigenvalue weighted by Crippen LogP contribution is 2.22. The maximum atomic E-state index is 5.20. The summed E-state index contributed by atoms with van der Waals surface area (Å²) in [5.74, 6) is 3.31. The van der Waals surface area contributed by atoms with Gasteiger partial charge in [0.1, 0.15) is 0 Å². The standard InChI is InChI=1S/C12H16BrN3S.HI/c1-3-8-15-12(14-4-2)16-9-7-10-5-6-11(13)17-10;/h1,5-6H,4,7-9H2,2H3,(H2,14,15,16);1H. The SMILES string of the molecule is C#CCNC(=NCCc1ccc(Br)s1)NCC.I. The number of hydrogen-bond acceptors (Lipinski definition) is 2. The Morgan fingerprint density at radius 3 is 2.83 bits per heavy atom. The normalized spacial score (nSPS) is 10.4. The Labute approximate surface area is 138 Å². The predicted octanol–water partition coefficient (Wildman–Crippen LogP) is 2.86. The lowest BCUT2D eigenvalue weighted by Crippen LogP contribution is -2.37. The molecule has 2 N–H and O–H groups in total. The molecule has 0 fully saturated rings. The fraction of sp³-hybridized carbons (Fsp3) is 0.417. The Kier molecular flexibility index (Phi) is 10.5. The summed E-state index contributed by atoms with van der Waals surface area (Å²) in [6.07, 6.45) is 6.14. The quantitative estimate of drug-likeness (QED) is 0.319. The molecular formula is C12H17BrIN3S. The molecule has 0 spiro atoms. The molecule has 100 valence electrons. The molecule has 0 radical (unpaired) electrons. The second-order valence-corrected chi connectivity index (χ2v) is 5.82. The van der Waals surface area contributed by atoms with Crippen LogP contribution < -0.4 is 10.6 Å². The lowest BCUT2D eigenvalue weighted by atomic mass is 10.3. The van der Waals surface area contributed by atoms with Gasteiger partial charge in [0.2, 0.25) is 0 Å². The van der Waals surface area contributed by atoms with Crippen molar-refractivity contribution >= 4 is 57.2 Å². The van der Waals surface area contributed by atoms with Crippen LogP contribution in [-0.2, 0) is 6.42 Å². The van der Waals surface area contributed by atoms with E-state index >= 15 is 0 Å². The van der Waals surface area contributed by atoms with Gasteiger partial charge in [-0.05, 0) is 35.0 Å². The molecule has 0 atom stereocenters. The van der Waals surface area contributed by atoms with Gasteiger partial charge in [0.15, 0.2) is 5.96 Å². The van der Waals surface area contributed by atoms with Crippen LogP contribution in [0.4, 0.5) is 0 Å². The summed E-state index contributed by atoms with van der Waals surface area (Å²) in [6.45, 7) is 4.12. The molecule has 0 unspecified atom stereocenters. The number of nitrogens with one attached hydrogen (secondary N) is 2. The monoisotopic (exact) mass is 441 g/mol. The highest BCUT2D eigenvalue weighted by Gasteiger charge is 1.98. The minimum atomic E-state index is 0. The van der Waals surface area contributed by atoms with Crippen molar-refractivity contribution < 1.29 is 0 Å². The Morgan fingerprint density at radius 2 is 2.28 bits per heavy atom. The van der Waals surface area contributed by atoms with Gasteiger partial charge in [0, 0.05) is 24.4 Å². The third-order valence-corrected chi connectivity index (χ3v) is 3.64. The largest absolute Gasteiger partial charge is 0.357 e. The first-order valence-electron chi connectivity index (χ1n) is 5.46. The van der Waals surface area contributed by atoms with E-state index in [1.165, 1.54) is 4.88 Å². The number of aliphatic imine (C=N–C) groups is 1. The van der Waals surface area contributed by atoms with E-state index in [9.17, 15) is 0 Å². The van der Waals surface area contributed by atoms with Crippen molar-refractivity contribution in [1.82, 2.24) is 10.6 Å². The Morgan fingerprint density at radius 1 is 1.50 bits per heavy atom. The Hall–Kier alpha value is -0.260. The molecule has 1 heterocycles. The smallest absolute Gasteiger partial charge is 0.192 e. The number of rotatable bonds is 5. The van der Waals surface area contributed by atoms with Crippen LogP contribution in [0.15, 0.2) is 20.9 Å². The highest BCUT2D eigenvalue weighted by molar-refractivity contribution is 14.0. The van der Waals surface area contributed by atoms with Gasteiger partial charge in [-0.2, -0.15) is 0 Å². The molecule has 1 aromatic heterocycles. The summed E-state index contributed by atoms with van der Waals surface area (Å²) in [5, 5.41) is 6.21. The van der Waals surface area contributed by atoms with E-state index in [0.29, 0.717) is 6.54 Å². The van der Waals surface area contributed by atoms with Gasteiger partial charge in [0.25, 0.3) is 0 Å². The molecule has 0 aliphatic rings. The van der Waals surface area contributed by atoms with Gasteiger partial charge in [-0.1, -0.05) is 5.92 Å². The third-order valence-electron chi connectivity index (χ3n) is 1.96. The van der Waals surface area contributed by atoms with Crippen LogP contribution in [0.25, 0.3) is 0 Å². The van der Waals surface area contributed by atoms with Gasteiger partial charge in [0.05, 0.1) is 10.3 Å². The topological polar surface area (TPSA) is 36.4 Å². The Balaban J connectivity index is 0.00000289. The molecular weight excluding hydrogens is 425 g/mol. The summed E-state index contributed by atoms with van der Waals surface area (Å²) in [7, 11) is 0. The maximum absolute atomic E-state index is 5.20. The molecule has 1 rings (SSSR count). The molecule has 18 heavy (non-hydrogen) atoms. The van der Waals surface area contributed by atoms with E-state index in [1.54, 1.807) is 11.3 Å². The van der Waals surface area contributed by atoms with Crippen LogP contribution >= 0.6 is 51.2 Å². The van der Waals surface area contributed by atoms with Gasteiger partial charge in [-0.15, -0.1) is 41.7 Å². The number of guanidine groups is 1. The van der Waals surface area contributed by atoms with E-state index in [1.807, 2.05) is 6.92 Å². The first kappa shape index (κ1) is 17.7. The van der Waals surface area contributed by atoms with Crippen LogP contribution in [0.3, 0.4) is 0 Å². The number of hydrogen-bond donors (Lipinski definition) is 2. The highest BCUT2D eigenvalue weighted by atomic mass is 127.